The fraction of sp³-hybridized carbons (Fsp3) is 0.765. The number of hydroxylamine groups is 2. The molecule has 0 spiro atoms. The van der Waals surface area contributed by atoms with Gasteiger partial charge in [-0.1, -0.05) is 27.7 Å². The molecule has 0 saturated carbocycles. The lowest BCUT2D eigenvalue weighted by molar-refractivity contribution is -0.193. The van der Waals surface area contributed by atoms with Crippen molar-refractivity contribution in [1.29, 1.82) is 0 Å². The van der Waals surface area contributed by atoms with Crippen molar-refractivity contribution in [3.8, 4) is 0 Å². The zero-order valence-corrected chi connectivity index (χ0v) is 32.3. The van der Waals surface area contributed by atoms with Gasteiger partial charge in [0.2, 0.25) is 6.29 Å². The van der Waals surface area contributed by atoms with E-state index in [1.807, 2.05) is 0 Å². The van der Waals surface area contributed by atoms with Gasteiger partial charge < -0.3 is 49.9 Å². The van der Waals surface area contributed by atoms with Gasteiger partial charge in [-0.05, 0) is 74.1 Å². The SMILES string of the molecule is CC(C)C(NC(=O)OC(C)(C)C)C(=O)OC(CCC1=NCC2=C(NCCN2C(=O)OC(C)(C)C)N1[O-])OC(=O)C(NC(=O)OC(C)(C)C)C(C)C. The minimum Gasteiger partial charge on any atom is -0.752 e. The van der Waals surface area contributed by atoms with Gasteiger partial charge >= 0.3 is 30.2 Å². The van der Waals surface area contributed by atoms with Gasteiger partial charge in [0.25, 0.3) is 0 Å². The molecule has 51 heavy (non-hydrogen) atoms. The van der Waals surface area contributed by atoms with E-state index >= 15 is 0 Å². The van der Waals surface area contributed by atoms with E-state index in [4.69, 9.17) is 23.7 Å². The Kier molecular flexibility index (Phi) is 14.5. The highest BCUT2D eigenvalue weighted by Crippen LogP contribution is 2.25. The van der Waals surface area contributed by atoms with Crippen molar-refractivity contribution in [3.63, 3.8) is 0 Å². The molecule has 2 heterocycles. The topological polar surface area (TPSA) is 209 Å². The number of amidine groups is 1. The van der Waals surface area contributed by atoms with E-state index in [0.717, 1.165) is 0 Å². The average molecular weight is 726 g/mol. The third kappa shape index (κ3) is 14.1. The Morgan fingerprint density at radius 1 is 0.784 bits per heavy atom. The first kappa shape index (κ1) is 42.9. The summed E-state index contributed by atoms with van der Waals surface area (Å²) in [4.78, 5) is 70.7. The molecule has 3 N–H and O–H groups in total. The molecule has 2 unspecified atom stereocenters. The molecule has 2 aliphatic heterocycles. The number of alkyl carbamates (subject to hydrolysis) is 2. The van der Waals surface area contributed by atoms with Crippen LogP contribution >= 0.6 is 0 Å². The van der Waals surface area contributed by atoms with Crippen LogP contribution in [0.1, 0.15) is 103 Å². The lowest BCUT2D eigenvalue weighted by atomic mass is 10.0. The number of amides is 3. The third-order valence-corrected chi connectivity index (χ3v) is 6.97. The van der Waals surface area contributed by atoms with Crippen LogP contribution in [0.5, 0.6) is 0 Å². The molecular weight excluding hydrogens is 668 g/mol. The van der Waals surface area contributed by atoms with Gasteiger partial charge in [0.15, 0.2) is 0 Å². The molecule has 17 nitrogen and oxygen atoms in total. The molecular formula is C34H57N6O11-. The summed E-state index contributed by atoms with van der Waals surface area (Å²) in [6.45, 7) is 22.5. The molecule has 3 amide bonds. The molecule has 0 radical (unpaired) electrons. The maximum Gasteiger partial charge on any atom is 0.414 e. The number of aliphatic imine (C=N–C) groups is 1. The summed E-state index contributed by atoms with van der Waals surface area (Å²) < 4.78 is 27.4. The lowest BCUT2D eigenvalue weighted by Crippen LogP contribution is -2.51. The van der Waals surface area contributed by atoms with Crippen LogP contribution in [-0.2, 0) is 33.3 Å². The molecule has 17 heteroatoms. The Hall–Kier alpha value is -4.28. The molecule has 2 atom stereocenters. The standard InChI is InChI=1S/C34H57N6O11/c1-19(2)24(37-29(43)49-32(5,6)7)27(41)47-23(48-28(42)25(20(3)4)38-30(44)50-33(8,9)10)15-14-22-36-18-21-26(40(22)46)35-16-17-39(21)31(45)51-34(11,12)13/h19-20,23-25,35H,14-18H2,1-13H3,(H,37,43)(H,38,44)/q-1. The molecule has 0 aromatic heterocycles. The number of carbonyl (C=O) groups excluding carboxylic acids is 5. The second-order valence-corrected chi connectivity index (χ2v) is 16.0. The number of hydrogen-bond acceptors (Lipinski definition) is 14. The summed E-state index contributed by atoms with van der Waals surface area (Å²) >= 11 is 0. The predicted molar refractivity (Wildman–Crippen MR) is 187 cm³/mol. The first-order chi connectivity index (χ1) is 23.3. The van der Waals surface area contributed by atoms with E-state index in [9.17, 15) is 29.2 Å². The molecule has 0 saturated heterocycles. The van der Waals surface area contributed by atoms with Crippen LogP contribution in [0.2, 0.25) is 0 Å². The average Bonchev–Trinajstić information content (AvgIpc) is 2.94. The summed E-state index contributed by atoms with van der Waals surface area (Å²) in [7, 11) is 0. The van der Waals surface area contributed by atoms with E-state index < -0.39 is 77.2 Å². The number of ether oxygens (including phenoxy) is 5. The van der Waals surface area contributed by atoms with E-state index in [1.54, 1.807) is 90.0 Å². The summed E-state index contributed by atoms with van der Waals surface area (Å²) in [6, 6.07) is -2.38. The van der Waals surface area contributed by atoms with Gasteiger partial charge in [-0.15, -0.1) is 0 Å². The maximum atomic E-state index is 13.5. The summed E-state index contributed by atoms with van der Waals surface area (Å²) in [5.74, 6) is -2.64. The number of nitrogens with one attached hydrogen (secondary N) is 3. The normalized spacial score (nSPS) is 17.0. The fourth-order valence-corrected chi connectivity index (χ4v) is 4.72. The highest BCUT2D eigenvalue weighted by Gasteiger charge is 2.36. The van der Waals surface area contributed by atoms with Crippen LogP contribution in [0.4, 0.5) is 14.4 Å². The molecule has 2 rings (SSSR count). The van der Waals surface area contributed by atoms with Gasteiger partial charge in [0.1, 0.15) is 34.7 Å². The molecule has 0 bridgehead atoms. The van der Waals surface area contributed by atoms with E-state index in [1.165, 1.54) is 4.90 Å². The van der Waals surface area contributed by atoms with Crippen molar-refractivity contribution >= 4 is 36.1 Å². The first-order valence-corrected chi connectivity index (χ1v) is 17.2. The summed E-state index contributed by atoms with van der Waals surface area (Å²) in [5, 5.41) is 22.0. The lowest BCUT2D eigenvalue weighted by Gasteiger charge is -2.44. The summed E-state index contributed by atoms with van der Waals surface area (Å²) in [5.41, 5.74) is -2.08. The van der Waals surface area contributed by atoms with Gasteiger partial charge in [0.05, 0.1) is 18.1 Å². The molecule has 0 aliphatic carbocycles. The molecule has 2 aliphatic rings. The summed E-state index contributed by atoms with van der Waals surface area (Å²) in [6.07, 6.45) is -4.23. The highest BCUT2D eigenvalue weighted by molar-refractivity contribution is 5.87. The minimum atomic E-state index is -1.57. The number of hydrogen-bond donors (Lipinski definition) is 3. The third-order valence-electron chi connectivity index (χ3n) is 6.97. The smallest absolute Gasteiger partial charge is 0.414 e. The molecule has 0 aromatic rings. The Balaban J connectivity index is 2.31. The zero-order valence-electron chi connectivity index (χ0n) is 32.3. The van der Waals surface area contributed by atoms with Crippen LogP contribution in [0.15, 0.2) is 16.5 Å². The van der Waals surface area contributed by atoms with Crippen LogP contribution in [0.25, 0.3) is 0 Å². The van der Waals surface area contributed by atoms with E-state index in [-0.39, 0.29) is 44.1 Å². The number of esters is 2. The number of carbonyl (C=O) groups is 5. The van der Waals surface area contributed by atoms with Gasteiger partial charge in [-0.25, -0.2) is 24.0 Å². The van der Waals surface area contributed by atoms with Crippen LogP contribution in [-0.4, -0.2) is 101 Å². The zero-order chi connectivity index (χ0) is 39.1. The molecule has 290 valence electrons. The van der Waals surface area contributed by atoms with E-state index in [0.29, 0.717) is 10.8 Å². The van der Waals surface area contributed by atoms with Crippen LogP contribution < -0.4 is 16.0 Å². The quantitative estimate of drug-likeness (QED) is 0.152. The van der Waals surface area contributed by atoms with Crippen molar-refractivity contribution in [2.24, 2.45) is 16.8 Å². The minimum absolute atomic E-state index is 0.0176. The Morgan fingerprint density at radius 3 is 1.65 bits per heavy atom. The molecule has 0 aromatic carbocycles. The maximum absolute atomic E-state index is 13.5. The Bertz CT molecular complexity index is 1290. The highest BCUT2D eigenvalue weighted by atomic mass is 16.7. The second kappa shape index (κ2) is 17.3. The first-order valence-electron chi connectivity index (χ1n) is 17.2. The van der Waals surface area contributed by atoms with Crippen molar-refractivity contribution in [2.75, 3.05) is 19.6 Å². The van der Waals surface area contributed by atoms with Crippen molar-refractivity contribution in [1.82, 2.24) is 25.9 Å². The Labute approximate surface area is 300 Å². The second-order valence-electron chi connectivity index (χ2n) is 16.0. The van der Waals surface area contributed by atoms with Crippen LogP contribution in [0, 0.1) is 17.0 Å². The van der Waals surface area contributed by atoms with Crippen molar-refractivity contribution in [2.45, 2.75) is 138 Å². The van der Waals surface area contributed by atoms with Crippen molar-refractivity contribution < 1.29 is 47.7 Å². The van der Waals surface area contributed by atoms with Gasteiger partial charge in [0, 0.05) is 25.9 Å². The van der Waals surface area contributed by atoms with Gasteiger partial charge in [-0.2, -0.15) is 0 Å². The largest absolute Gasteiger partial charge is 0.752 e. The fourth-order valence-electron chi connectivity index (χ4n) is 4.72. The van der Waals surface area contributed by atoms with Gasteiger partial charge in [-0.3, -0.25) is 9.89 Å². The molecule has 0 fully saturated rings. The van der Waals surface area contributed by atoms with E-state index in [2.05, 4.69) is 20.9 Å². The van der Waals surface area contributed by atoms with Crippen LogP contribution in [0.3, 0.4) is 0 Å². The number of rotatable bonds is 11. The monoisotopic (exact) mass is 725 g/mol. The predicted octanol–water partition coefficient (Wildman–Crippen LogP) is 4.50. The Morgan fingerprint density at radius 2 is 1.24 bits per heavy atom. The number of nitrogens with zero attached hydrogens (tertiary/aromatic N) is 3. The van der Waals surface area contributed by atoms with Crippen molar-refractivity contribution in [3.05, 3.63) is 16.7 Å².